The van der Waals surface area contributed by atoms with E-state index in [0.29, 0.717) is 23.8 Å². The van der Waals surface area contributed by atoms with Crippen LogP contribution in [0, 0.1) is 6.92 Å². The van der Waals surface area contributed by atoms with Gasteiger partial charge in [0.15, 0.2) is 0 Å². The van der Waals surface area contributed by atoms with Gasteiger partial charge >= 0.3 is 5.97 Å². The Hall–Kier alpha value is -2.04. The number of ether oxygens (including phenoxy) is 1. The van der Waals surface area contributed by atoms with Crippen LogP contribution < -0.4 is 0 Å². The monoisotopic (exact) mass is 287 g/mol. The minimum atomic E-state index is -0.314. The molecule has 0 atom stereocenters. The first-order valence-corrected chi connectivity index (χ1v) is 7.62. The summed E-state index contributed by atoms with van der Waals surface area (Å²) in [7, 11) is 0. The molecule has 2 aromatic heterocycles. The van der Waals surface area contributed by atoms with E-state index in [4.69, 9.17) is 4.74 Å². The Morgan fingerprint density at radius 3 is 2.90 bits per heavy atom. The summed E-state index contributed by atoms with van der Waals surface area (Å²) >= 11 is 0. The summed E-state index contributed by atoms with van der Waals surface area (Å²) in [5, 5.41) is 7.25. The van der Waals surface area contributed by atoms with Gasteiger partial charge in [0.1, 0.15) is 11.3 Å². The molecule has 2 heterocycles. The fourth-order valence-corrected chi connectivity index (χ4v) is 3.23. The van der Waals surface area contributed by atoms with E-state index < -0.39 is 0 Å². The molecule has 3 rings (SSSR count). The van der Waals surface area contributed by atoms with E-state index >= 15 is 0 Å². The molecule has 2 N–H and O–H groups in total. The maximum absolute atomic E-state index is 12.2. The highest BCUT2D eigenvalue weighted by Crippen LogP contribution is 2.39. The molecule has 0 aliphatic heterocycles. The van der Waals surface area contributed by atoms with E-state index in [1.54, 1.807) is 0 Å². The second-order valence-corrected chi connectivity index (χ2v) is 5.58. The number of hydrogen-bond acceptors (Lipinski definition) is 3. The van der Waals surface area contributed by atoms with Crippen LogP contribution in [0.3, 0.4) is 0 Å². The molecule has 0 radical (unpaired) electrons. The van der Waals surface area contributed by atoms with Gasteiger partial charge < -0.3 is 9.72 Å². The Balaban J connectivity index is 2.01. The Kier molecular flexibility index (Phi) is 3.82. The molecule has 0 spiro atoms. The number of carbonyl (C=O) groups is 1. The molecule has 5 nitrogen and oxygen atoms in total. The van der Waals surface area contributed by atoms with Crippen molar-refractivity contribution in [3.8, 4) is 11.4 Å². The Bertz CT molecular complexity index is 636. The first-order valence-electron chi connectivity index (χ1n) is 7.62. The van der Waals surface area contributed by atoms with E-state index in [0.717, 1.165) is 11.4 Å². The Morgan fingerprint density at radius 1 is 1.43 bits per heavy atom. The predicted molar refractivity (Wildman–Crippen MR) is 80.3 cm³/mol. The summed E-state index contributed by atoms with van der Waals surface area (Å²) in [6.45, 7) is 4.02. The number of aromatic amines is 2. The number of hydrogen-bond donors (Lipinski definition) is 2. The predicted octanol–water partition coefficient (Wildman–Crippen LogP) is 3.55. The number of rotatable bonds is 4. The van der Waals surface area contributed by atoms with E-state index in [1.807, 2.05) is 20.0 Å². The Morgan fingerprint density at radius 2 is 2.19 bits per heavy atom. The molecule has 0 unspecified atom stereocenters. The van der Waals surface area contributed by atoms with E-state index in [2.05, 4.69) is 21.2 Å². The highest BCUT2D eigenvalue weighted by molar-refractivity contribution is 5.97. The summed E-state index contributed by atoms with van der Waals surface area (Å²) in [5.41, 5.74) is 4.19. The lowest BCUT2D eigenvalue weighted by Crippen LogP contribution is -2.07. The number of H-pyrrole nitrogens is 2. The van der Waals surface area contributed by atoms with Crippen molar-refractivity contribution < 1.29 is 9.53 Å². The van der Waals surface area contributed by atoms with Crippen LogP contribution in [-0.2, 0) is 4.74 Å². The van der Waals surface area contributed by atoms with Gasteiger partial charge in [-0.25, -0.2) is 4.79 Å². The lowest BCUT2D eigenvalue weighted by molar-refractivity contribution is 0.0526. The van der Waals surface area contributed by atoms with Crippen molar-refractivity contribution in [3.05, 3.63) is 29.1 Å². The maximum Gasteiger partial charge on any atom is 0.342 e. The molecule has 5 heteroatoms. The fraction of sp³-hybridized carbons (Fsp3) is 0.500. The average Bonchev–Trinajstić information content (AvgIpc) is 3.18. The van der Waals surface area contributed by atoms with Crippen molar-refractivity contribution >= 4 is 5.97 Å². The fourth-order valence-electron chi connectivity index (χ4n) is 3.23. The van der Waals surface area contributed by atoms with Gasteiger partial charge in [0.25, 0.3) is 0 Å². The van der Waals surface area contributed by atoms with Crippen LogP contribution in [-0.4, -0.2) is 27.8 Å². The minimum Gasteiger partial charge on any atom is -0.462 e. The standard InChI is InChI=1S/C16H21N3O2/c1-3-21-16(20)13-10(2)18-19-15(13)14-12(8-9-17-14)11-6-4-5-7-11/h8-9,11,17H,3-7H2,1-2H3,(H,18,19). The Labute approximate surface area is 124 Å². The highest BCUT2D eigenvalue weighted by Gasteiger charge is 2.26. The van der Waals surface area contributed by atoms with Crippen LogP contribution in [0.2, 0.25) is 0 Å². The van der Waals surface area contributed by atoms with Crippen LogP contribution in [0.1, 0.15) is 60.1 Å². The van der Waals surface area contributed by atoms with Crippen LogP contribution in [0.5, 0.6) is 0 Å². The smallest absolute Gasteiger partial charge is 0.342 e. The third-order valence-corrected chi connectivity index (χ3v) is 4.24. The number of esters is 1. The number of aryl methyl sites for hydroxylation is 1. The molecule has 1 saturated carbocycles. The van der Waals surface area contributed by atoms with Gasteiger partial charge in [-0.15, -0.1) is 0 Å². The second-order valence-electron chi connectivity index (χ2n) is 5.58. The van der Waals surface area contributed by atoms with E-state index in [1.165, 1.54) is 31.2 Å². The normalized spacial score (nSPS) is 15.5. The molecule has 112 valence electrons. The lowest BCUT2D eigenvalue weighted by atomic mass is 9.95. The maximum atomic E-state index is 12.2. The van der Waals surface area contributed by atoms with Crippen LogP contribution in [0.25, 0.3) is 11.4 Å². The topological polar surface area (TPSA) is 70.8 Å². The van der Waals surface area contributed by atoms with Gasteiger partial charge in [-0.3, -0.25) is 5.10 Å². The molecule has 21 heavy (non-hydrogen) atoms. The number of aromatic nitrogens is 3. The largest absolute Gasteiger partial charge is 0.462 e. The van der Waals surface area contributed by atoms with Crippen LogP contribution >= 0.6 is 0 Å². The first-order chi connectivity index (χ1) is 10.2. The minimum absolute atomic E-state index is 0.314. The van der Waals surface area contributed by atoms with Crippen LogP contribution in [0.4, 0.5) is 0 Å². The average molecular weight is 287 g/mol. The summed E-state index contributed by atoms with van der Waals surface area (Å²) < 4.78 is 5.16. The molecule has 0 amide bonds. The molecular weight excluding hydrogens is 266 g/mol. The first kappa shape index (κ1) is 13.9. The summed E-state index contributed by atoms with van der Waals surface area (Å²) in [6, 6.07) is 2.12. The third-order valence-electron chi connectivity index (χ3n) is 4.24. The quantitative estimate of drug-likeness (QED) is 0.845. The van der Waals surface area contributed by atoms with Crippen molar-refractivity contribution in [1.29, 1.82) is 0 Å². The van der Waals surface area contributed by atoms with E-state index in [9.17, 15) is 4.79 Å². The van der Waals surface area contributed by atoms with Gasteiger partial charge in [0, 0.05) is 11.9 Å². The van der Waals surface area contributed by atoms with Crippen molar-refractivity contribution in [1.82, 2.24) is 15.2 Å². The molecule has 1 aliphatic rings. The molecule has 1 fully saturated rings. The molecule has 0 saturated heterocycles. The lowest BCUT2D eigenvalue weighted by Gasteiger charge is -2.10. The number of nitrogens with one attached hydrogen (secondary N) is 2. The molecule has 2 aromatic rings. The van der Waals surface area contributed by atoms with Crippen molar-refractivity contribution in [2.24, 2.45) is 0 Å². The third kappa shape index (κ3) is 2.48. The van der Waals surface area contributed by atoms with Gasteiger partial charge in [-0.2, -0.15) is 5.10 Å². The second kappa shape index (κ2) is 5.76. The number of carbonyl (C=O) groups excluding carboxylic acids is 1. The van der Waals surface area contributed by atoms with Gasteiger partial charge in [-0.05, 0) is 44.2 Å². The van der Waals surface area contributed by atoms with Gasteiger partial charge in [-0.1, -0.05) is 12.8 Å². The molecule has 1 aliphatic carbocycles. The molecule has 0 bridgehead atoms. The van der Waals surface area contributed by atoms with Gasteiger partial charge in [0.05, 0.1) is 12.3 Å². The molecule has 0 aromatic carbocycles. The van der Waals surface area contributed by atoms with E-state index in [-0.39, 0.29) is 5.97 Å². The number of nitrogens with zero attached hydrogens (tertiary/aromatic N) is 1. The summed E-state index contributed by atoms with van der Waals surface area (Å²) in [4.78, 5) is 15.4. The zero-order valence-electron chi connectivity index (χ0n) is 12.5. The van der Waals surface area contributed by atoms with Crippen molar-refractivity contribution in [2.45, 2.75) is 45.4 Å². The zero-order chi connectivity index (χ0) is 14.8. The van der Waals surface area contributed by atoms with Gasteiger partial charge in [0.2, 0.25) is 0 Å². The highest BCUT2D eigenvalue weighted by atomic mass is 16.5. The SMILES string of the molecule is CCOC(=O)c1c(-c2[nH]ccc2C2CCCC2)n[nH]c1C. The van der Waals surface area contributed by atoms with Crippen LogP contribution in [0.15, 0.2) is 12.3 Å². The summed E-state index contributed by atoms with van der Waals surface area (Å²) in [6.07, 6.45) is 6.91. The summed E-state index contributed by atoms with van der Waals surface area (Å²) in [5.74, 6) is 0.254. The van der Waals surface area contributed by atoms with Crippen molar-refractivity contribution in [2.75, 3.05) is 6.61 Å². The zero-order valence-corrected chi connectivity index (χ0v) is 12.5. The van der Waals surface area contributed by atoms with Crippen molar-refractivity contribution in [3.63, 3.8) is 0 Å². The molecular formula is C16H21N3O2.